The van der Waals surface area contributed by atoms with Crippen LogP contribution in [0.4, 0.5) is 5.82 Å². The molecule has 0 aromatic carbocycles. The summed E-state index contributed by atoms with van der Waals surface area (Å²) in [6.07, 6.45) is 1.85. The molecular weight excluding hydrogens is 404 g/mol. The molecule has 23 heavy (non-hydrogen) atoms. The lowest BCUT2D eigenvalue weighted by Gasteiger charge is -2.21. The van der Waals surface area contributed by atoms with Gasteiger partial charge in [-0.15, -0.1) is 11.3 Å². The third kappa shape index (κ3) is 3.96. The van der Waals surface area contributed by atoms with Gasteiger partial charge in [0.25, 0.3) is 10.0 Å². The van der Waals surface area contributed by atoms with Gasteiger partial charge < -0.3 is 9.26 Å². The second kappa shape index (κ2) is 7.78. The number of thiophene rings is 1. The fourth-order valence-electron chi connectivity index (χ4n) is 1.84. The second-order valence-corrected chi connectivity index (χ2v) is 8.82. The molecule has 0 saturated heterocycles. The van der Waals surface area contributed by atoms with Crippen LogP contribution >= 0.6 is 27.3 Å². The number of aryl methyl sites for hydroxylation is 1. The normalized spacial score (nSPS) is 11.8. The summed E-state index contributed by atoms with van der Waals surface area (Å²) in [5.74, 6) is 0.846. The van der Waals surface area contributed by atoms with Crippen molar-refractivity contribution in [3.63, 3.8) is 0 Å². The number of aromatic nitrogens is 1. The number of sulfonamides is 1. The van der Waals surface area contributed by atoms with Crippen molar-refractivity contribution >= 4 is 43.1 Å². The number of hydrogen-bond acceptors (Lipinski definition) is 6. The maximum absolute atomic E-state index is 13.0. The summed E-state index contributed by atoms with van der Waals surface area (Å²) in [6.45, 7) is 5.96. The van der Waals surface area contributed by atoms with Gasteiger partial charge in [0.05, 0.1) is 0 Å². The Kier molecular flexibility index (Phi) is 6.24. The number of nitrogens with zero attached hydrogens (tertiary/aromatic N) is 2. The maximum Gasteiger partial charge on any atom is 0.278 e. The first-order valence-electron chi connectivity index (χ1n) is 7.16. The summed E-state index contributed by atoms with van der Waals surface area (Å²) in [7, 11) is -3.78. The molecule has 128 valence electrons. The van der Waals surface area contributed by atoms with Gasteiger partial charge in [0, 0.05) is 16.6 Å². The van der Waals surface area contributed by atoms with Crippen molar-refractivity contribution in [2.75, 3.05) is 17.6 Å². The largest absolute Gasteiger partial charge is 0.360 e. The smallest absolute Gasteiger partial charge is 0.278 e. The van der Waals surface area contributed by atoms with Crippen LogP contribution in [0.25, 0.3) is 0 Å². The number of ether oxygens (including phenoxy) is 1. The van der Waals surface area contributed by atoms with Crippen molar-refractivity contribution in [3.05, 3.63) is 27.2 Å². The third-order valence-corrected chi connectivity index (χ3v) is 7.69. The fourth-order valence-corrected chi connectivity index (χ4v) is 5.60. The molecule has 2 heterocycles. The molecule has 2 rings (SSSR count). The van der Waals surface area contributed by atoms with Crippen molar-refractivity contribution < 1.29 is 17.7 Å². The van der Waals surface area contributed by atoms with Gasteiger partial charge in [0.15, 0.2) is 10.0 Å². The molecule has 0 atom stereocenters. The third-order valence-electron chi connectivity index (χ3n) is 3.33. The molecule has 0 radical (unpaired) electrons. The van der Waals surface area contributed by atoms with E-state index in [1.165, 1.54) is 0 Å². The Balaban J connectivity index is 2.37. The minimum absolute atomic E-state index is 0.0977. The van der Waals surface area contributed by atoms with Crippen LogP contribution in [0, 0.1) is 13.8 Å². The molecule has 0 bridgehead atoms. The number of rotatable bonds is 8. The second-order valence-electron chi connectivity index (χ2n) is 4.99. The summed E-state index contributed by atoms with van der Waals surface area (Å²) in [5, 5.41) is 5.62. The number of hydrogen-bond donors (Lipinski definition) is 0. The fraction of sp³-hybridized carbons (Fsp3) is 0.500. The van der Waals surface area contributed by atoms with Crippen molar-refractivity contribution in [2.24, 2.45) is 0 Å². The van der Waals surface area contributed by atoms with Crippen LogP contribution in [0.5, 0.6) is 0 Å². The molecule has 0 aliphatic heterocycles. The van der Waals surface area contributed by atoms with Gasteiger partial charge in [-0.1, -0.05) is 18.5 Å². The van der Waals surface area contributed by atoms with E-state index in [0.717, 1.165) is 28.5 Å². The Morgan fingerprint density at radius 2 is 2.17 bits per heavy atom. The molecule has 0 fully saturated rings. The predicted molar refractivity (Wildman–Crippen MR) is 93.4 cm³/mol. The van der Waals surface area contributed by atoms with Crippen LogP contribution in [0.2, 0.25) is 0 Å². The first-order chi connectivity index (χ1) is 10.9. The predicted octanol–water partition coefficient (Wildman–Crippen LogP) is 4.08. The Hall–Kier alpha value is -0.900. The van der Waals surface area contributed by atoms with Crippen molar-refractivity contribution in [2.45, 2.75) is 37.8 Å². The molecule has 9 heteroatoms. The molecule has 0 amide bonds. The topological polar surface area (TPSA) is 72.6 Å². The number of unbranched alkanes of at least 4 members (excludes halogenated alkanes) is 1. The van der Waals surface area contributed by atoms with Gasteiger partial charge in [0.2, 0.25) is 0 Å². The summed E-state index contributed by atoms with van der Waals surface area (Å²) >= 11 is 4.43. The number of halogens is 1. The summed E-state index contributed by atoms with van der Waals surface area (Å²) in [5.41, 5.74) is 0.681. The molecular formula is C14H19BrN2O4S2. The van der Waals surface area contributed by atoms with Gasteiger partial charge in [0.1, 0.15) is 12.5 Å². The molecule has 0 N–H and O–H groups in total. The van der Waals surface area contributed by atoms with Crippen LogP contribution in [-0.2, 0) is 14.8 Å². The summed E-state index contributed by atoms with van der Waals surface area (Å²) in [4.78, 5) is 0. The van der Waals surface area contributed by atoms with Gasteiger partial charge >= 0.3 is 0 Å². The highest BCUT2D eigenvalue weighted by atomic mass is 79.9. The van der Waals surface area contributed by atoms with Crippen LogP contribution in [-0.4, -0.2) is 26.9 Å². The van der Waals surface area contributed by atoms with Crippen molar-refractivity contribution in [3.8, 4) is 0 Å². The zero-order chi connectivity index (χ0) is 17.0. The first kappa shape index (κ1) is 18.4. The Labute approximate surface area is 148 Å². The lowest BCUT2D eigenvalue weighted by atomic mass is 10.3. The van der Waals surface area contributed by atoms with E-state index in [0.29, 0.717) is 22.4 Å². The molecule has 2 aromatic heterocycles. The van der Waals surface area contributed by atoms with E-state index in [1.807, 2.05) is 6.92 Å². The minimum atomic E-state index is -3.78. The van der Waals surface area contributed by atoms with Crippen LogP contribution < -0.4 is 4.31 Å². The Morgan fingerprint density at radius 3 is 2.70 bits per heavy atom. The summed E-state index contributed by atoms with van der Waals surface area (Å²) < 4.78 is 38.5. The summed E-state index contributed by atoms with van der Waals surface area (Å²) in [6, 6.07) is 1.70. The zero-order valence-electron chi connectivity index (χ0n) is 13.2. The van der Waals surface area contributed by atoms with Gasteiger partial charge in [-0.2, -0.15) is 0 Å². The molecule has 0 spiro atoms. The van der Waals surface area contributed by atoms with Crippen LogP contribution in [0.15, 0.2) is 24.7 Å². The van der Waals surface area contributed by atoms with Crippen molar-refractivity contribution in [1.29, 1.82) is 0 Å². The quantitative estimate of drug-likeness (QED) is 0.473. The minimum Gasteiger partial charge on any atom is -0.360 e. The molecule has 0 aliphatic rings. The van der Waals surface area contributed by atoms with E-state index < -0.39 is 10.0 Å². The van der Waals surface area contributed by atoms with Gasteiger partial charge in [-0.3, -0.25) is 0 Å². The molecule has 6 nitrogen and oxygen atoms in total. The lowest BCUT2D eigenvalue weighted by Crippen LogP contribution is -2.34. The monoisotopic (exact) mass is 422 g/mol. The Bertz CT molecular complexity index is 755. The van der Waals surface area contributed by atoms with E-state index in [1.54, 1.807) is 25.3 Å². The van der Waals surface area contributed by atoms with E-state index in [2.05, 4.69) is 21.1 Å². The number of anilines is 1. The Morgan fingerprint density at radius 1 is 1.43 bits per heavy atom. The highest BCUT2D eigenvalue weighted by Gasteiger charge is 2.32. The lowest BCUT2D eigenvalue weighted by molar-refractivity contribution is 0.139. The first-order valence-corrected chi connectivity index (χ1v) is 10.3. The van der Waals surface area contributed by atoms with E-state index in [9.17, 15) is 8.42 Å². The van der Waals surface area contributed by atoms with E-state index in [-0.39, 0.29) is 16.8 Å². The SMILES string of the molecule is CCCCOCN(c1noc(C)c1C)S(=O)(=O)c1sccc1Br. The zero-order valence-corrected chi connectivity index (χ0v) is 16.4. The maximum atomic E-state index is 13.0. The standard InChI is InChI=1S/C14H19BrN2O4S2/c1-4-5-7-20-9-17(13-10(2)11(3)21-16-13)23(18,19)14-12(15)6-8-22-14/h6,8H,4-5,7,9H2,1-3H3. The average molecular weight is 423 g/mol. The molecule has 0 unspecified atom stereocenters. The molecule has 2 aromatic rings. The molecule has 0 aliphatic carbocycles. The van der Waals surface area contributed by atoms with Crippen LogP contribution in [0.3, 0.4) is 0 Å². The van der Waals surface area contributed by atoms with Gasteiger partial charge in [-0.25, -0.2) is 12.7 Å². The van der Waals surface area contributed by atoms with Gasteiger partial charge in [-0.05, 0) is 47.6 Å². The average Bonchev–Trinajstić information content (AvgIpc) is 3.07. The van der Waals surface area contributed by atoms with Crippen molar-refractivity contribution in [1.82, 2.24) is 5.16 Å². The highest BCUT2D eigenvalue weighted by molar-refractivity contribution is 9.10. The van der Waals surface area contributed by atoms with E-state index in [4.69, 9.17) is 9.26 Å². The van der Waals surface area contributed by atoms with Crippen LogP contribution in [0.1, 0.15) is 31.1 Å². The highest BCUT2D eigenvalue weighted by Crippen LogP contribution is 2.34. The molecule has 0 saturated carbocycles. The van der Waals surface area contributed by atoms with E-state index >= 15 is 0 Å².